The van der Waals surface area contributed by atoms with Crippen molar-refractivity contribution in [1.29, 1.82) is 0 Å². The molecule has 4 aliphatic carbocycles. The molecule has 0 spiro atoms. The highest BCUT2D eigenvalue weighted by molar-refractivity contribution is 5.25. The van der Waals surface area contributed by atoms with E-state index in [1.54, 1.807) is 5.57 Å². The van der Waals surface area contributed by atoms with Crippen LogP contribution in [0.2, 0.25) is 0 Å². The van der Waals surface area contributed by atoms with Crippen LogP contribution in [0.3, 0.4) is 0 Å². The number of rotatable bonds is 35. The number of hydrogen-bond acceptors (Lipinski definition) is 6. The van der Waals surface area contributed by atoms with Crippen LogP contribution in [0, 0.1) is 46.3 Å². The molecule has 1 heterocycles. The highest BCUT2D eigenvalue weighted by Gasteiger charge is 2.59. The minimum absolute atomic E-state index is 0.111. The summed E-state index contributed by atoms with van der Waals surface area (Å²) in [4.78, 5) is 2.53. The zero-order valence-electron chi connectivity index (χ0n) is 42.9. The fourth-order valence-electron chi connectivity index (χ4n) is 13.5. The number of fused-ring (bicyclic) bond motifs is 5. The lowest BCUT2D eigenvalue weighted by molar-refractivity contribution is -0.0705. The molecule has 6 heteroatoms. The van der Waals surface area contributed by atoms with E-state index in [9.17, 15) is 0 Å². The molecule has 5 rings (SSSR count). The van der Waals surface area contributed by atoms with E-state index in [1.165, 1.54) is 154 Å². The van der Waals surface area contributed by atoms with Gasteiger partial charge in [0.15, 0.2) is 0 Å². The van der Waals surface area contributed by atoms with Gasteiger partial charge in [0, 0.05) is 13.2 Å². The van der Waals surface area contributed by atoms with Gasteiger partial charge in [-0.05, 0) is 162 Å². The van der Waals surface area contributed by atoms with Crippen LogP contribution in [-0.4, -0.2) is 89.6 Å². The molecule has 1 aliphatic heterocycles. The minimum Gasteiger partial charge on any atom is -0.379 e. The third-order valence-electron chi connectivity index (χ3n) is 17.2. The average molecular weight is 894 g/mol. The zero-order valence-corrected chi connectivity index (χ0v) is 42.9. The van der Waals surface area contributed by atoms with Crippen LogP contribution in [0.5, 0.6) is 0 Å². The fourth-order valence-corrected chi connectivity index (χ4v) is 13.5. The molecule has 0 radical (unpaired) electrons. The van der Waals surface area contributed by atoms with Gasteiger partial charge in [0.2, 0.25) is 0 Å². The van der Waals surface area contributed by atoms with Gasteiger partial charge in [0.25, 0.3) is 0 Å². The van der Waals surface area contributed by atoms with Crippen LogP contribution in [0.15, 0.2) is 36.0 Å². The molecule has 1 saturated heterocycles. The second-order valence-corrected chi connectivity index (χ2v) is 22.4. The lowest BCUT2D eigenvalue weighted by Crippen LogP contribution is -2.51. The van der Waals surface area contributed by atoms with Crippen molar-refractivity contribution in [3.8, 4) is 0 Å². The van der Waals surface area contributed by atoms with E-state index in [-0.39, 0.29) is 6.10 Å². The smallest absolute Gasteiger partial charge is 0.0936 e. The van der Waals surface area contributed by atoms with Crippen LogP contribution in [0.4, 0.5) is 0 Å². The van der Waals surface area contributed by atoms with Crippen molar-refractivity contribution in [3.63, 3.8) is 0 Å². The van der Waals surface area contributed by atoms with Crippen LogP contribution in [0.25, 0.3) is 0 Å². The predicted molar refractivity (Wildman–Crippen MR) is 270 cm³/mol. The summed E-state index contributed by atoms with van der Waals surface area (Å²) in [7, 11) is 0. The number of ether oxygens (including phenoxy) is 5. The van der Waals surface area contributed by atoms with Gasteiger partial charge in [0.1, 0.15) is 0 Å². The maximum Gasteiger partial charge on any atom is 0.0936 e. The van der Waals surface area contributed by atoms with Crippen LogP contribution in [0.1, 0.15) is 202 Å². The van der Waals surface area contributed by atoms with E-state index in [4.69, 9.17) is 23.7 Å². The average Bonchev–Trinajstić information content (AvgIpc) is 3.93. The Morgan fingerprint density at radius 3 is 2.14 bits per heavy atom. The van der Waals surface area contributed by atoms with Crippen molar-refractivity contribution in [1.82, 2.24) is 4.90 Å². The van der Waals surface area contributed by atoms with Crippen molar-refractivity contribution in [2.75, 3.05) is 72.5 Å². The monoisotopic (exact) mass is 894 g/mol. The van der Waals surface area contributed by atoms with Crippen molar-refractivity contribution in [3.05, 3.63) is 36.0 Å². The summed E-state index contributed by atoms with van der Waals surface area (Å²) in [6.45, 7) is 23.6. The quantitative estimate of drug-likeness (QED) is 0.0467. The minimum atomic E-state index is 0.111. The number of hydrogen-bond donors (Lipinski definition) is 0. The van der Waals surface area contributed by atoms with E-state index < -0.39 is 0 Å². The van der Waals surface area contributed by atoms with Crippen molar-refractivity contribution >= 4 is 0 Å². The van der Waals surface area contributed by atoms with Gasteiger partial charge in [-0.1, -0.05) is 135 Å². The second-order valence-electron chi connectivity index (χ2n) is 22.4. The molecule has 0 aromatic heterocycles. The zero-order chi connectivity index (χ0) is 45.3. The first-order valence-electron chi connectivity index (χ1n) is 27.9. The first-order valence-corrected chi connectivity index (χ1v) is 27.9. The molecular formula is C58H103NO5. The van der Waals surface area contributed by atoms with E-state index in [1.807, 2.05) is 0 Å². The summed E-state index contributed by atoms with van der Waals surface area (Å²) in [5.74, 6) is 5.35. The third kappa shape index (κ3) is 17.8. The highest BCUT2D eigenvalue weighted by atomic mass is 16.6. The number of allylic oxidation sites excluding steroid dienone is 5. The second kappa shape index (κ2) is 30.5. The molecule has 0 aromatic rings. The maximum absolute atomic E-state index is 6.46. The Morgan fingerprint density at radius 2 is 1.39 bits per heavy atom. The Morgan fingerprint density at radius 1 is 0.688 bits per heavy atom. The molecule has 370 valence electrons. The summed E-state index contributed by atoms with van der Waals surface area (Å²) in [6.07, 6.45) is 45.4. The number of likely N-dealkylation sites (tertiary alicyclic amines) is 1. The van der Waals surface area contributed by atoms with Gasteiger partial charge in [-0.15, -0.1) is 0 Å². The molecular weight excluding hydrogens is 791 g/mol. The molecule has 4 fully saturated rings. The molecule has 0 bridgehead atoms. The van der Waals surface area contributed by atoms with Crippen LogP contribution in [-0.2, 0) is 23.7 Å². The summed E-state index contributed by atoms with van der Waals surface area (Å²) in [6, 6.07) is 0. The van der Waals surface area contributed by atoms with E-state index in [0.717, 1.165) is 67.9 Å². The first-order chi connectivity index (χ1) is 31.2. The van der Waals surface area contributed by atoms with Gasteiger partial charge in [-0.25, -0.2) is 0 Å². The third-order valence-corrected chi connectivity index (χ3v) is 17.2. The SMILES string of the molecule is CCCCCC=CCC=CCCCCCCCCOCC(CN1CCCC1)OCCOCCOCCO[C@H]1CC[C@@]2(C)C(=CC[C@H]3[C@@H]4CC[C@H]([C@H](C)CCCC(C)C)[C@@]4(C)CC[C@@H]32)C1. The van der Waals surface area contributed by atoms with Gasteiger partial charge < -0.3 is 28.6 Å². The Balaban J connectivity index is 0.862. The summed E-state index contributed by atoms with van der Waals surface area (Å²) in [5.41, 5.74) is 2.67. The highest BCUT2D eigenvalue weighted by Crippen LogP contribution is 2.67. The van der Waals surface area contributed by atoms with Crippen molar-refractivity contribution in [2.45, 2.75) is 214 Å². The lowest BCUT2D eigenvalue weighted by Gasteiger charge is -2.58. The molecule has 9 atom stereocenters. The standard InChI is InChI=1S/C58H103NO5/c1-7-8-9-10-11-12-13-14-15-16-17-18-19-20-21-24-38-62-47-52(46-59-36-22-23-37-59)64-44-42-61-40-39-60-41-43-63-51-32-34-57(5)50(45-51)28-29-53-55-31-30-54(49(4)27-25-26-48(2)3)58(55,6)35-33-56(53)57/h11-12,14-15,28,48-49,51-56H,7-10,13,16-27,29-47H2,1-6H3/t49-,51+,52?,53+,54-,55+,56+,57+,58-/m1/s1. The molecule has 0 aromatic carbocycles. The number of unbranched alkanes of at least 4 members (excludes halogenated alkanes) is 9. The number of nitrogens with zero attached hydrogens (tertiary/aromatic N) is 1. The van der Waals surface area contributed by atoms with Gasteiger partial charge in [0.05, 0.1) is 58.5 Å². The summed E-state index contributed by atoms with van der Waals surface area (Å²) >= 11 is 0. The van der Waals surface area contributed by atoms with Crippen molar-refractivity contribution < 1.29 is 23.7 Å². The van der Waals surface area contributed by atoms with Gasteiger partial charge in [-0.2, -0.15) is 0 Å². The van der Waals surface area contributed by atoms with E-state index in [2.05, 4.69) is 76.8 Å². The Labute approximate surface area is 396 Å². The maximum atomic E-state index is 6.46. The van der Waals surface area contributed by atoms with Crippen LogP contribution >= 0.6 is 0 Å². The summed E-state index contributed by atoms with van der Waals surface area (Å²) in [5, 5.41) is 0. The molecule has 64 heavy (non-hydrogen) atoms. The molecule has 0 N–H and O–H groups in total. The van der Waals surface area contributed by atoms with Crippen molar-refractivity contribution in [2.24, 2.45) is 46.3 Å². The Bertz CT molecular complexity index is 1310. The summed E-state index contributed by atoms with van der Waals surface area (Å²) < 4.78 is 30.8. The van der Waals surface area contributed by atoms with E-state index >= 15 is 0 Å². The Kier molecular flexibility index (Phi) is 25.7. The molecule has 5 aliphatic rings. The lowest BCUT2D eigenvalue weighted by atomic mass is 9.47. The first kappa shape index (κ1) is 53.9. The molecule has 0 amide bonds. The van der Waals surface area contributed by atoms with Gasteiger partial charge >= 0.3 is 0 Å². The van der Waals surface area contributed by atoms with E-state index in [0.29, 0.717) is 63.2 Å². The normalized spacial score (nSPS) is 29.4. The van der Waals surface area contributed by atoms with Gasteiger partial charge in [-0.3, -0.25) is 0 Å². The predicted octanol–water partition coefficient (Wildman–Crippen LogP) is 14.8. The largest absolute Gasteiger partial charge is 0.379 e. The Hall–Kier alpha value is -1.02. The molecule has 3 saturated carbocycles. The fraction of sp³-hybridized carbons (Fsp3) is 0.897. The topological polar surface area (TPSA) is 49.4 Å². The molecule has 6 nitrogen and oxygen atoms in total. The molecule has 1 unspecified atom stereocenters. The van der Waals surface area contributed by atoms with Crippen LogP contribution < -0.4 is 0 Å².